The highest BCUT2D eigenvalue weighted by Gasteiger charge is 2.29. The number of aromatic nitrogens is 2. The van der Waals surface area contributed by atoms with Crippen molar-refractivity contribution in [1.29, 1.82) is 0 Å². The number of thioether (sulfide) groups is 1. The Balaban J connectivity index is 1.88. The summed E-state index contributed by atoms with van der Waals surface area (Å²) in [5.74, 6) is 0.354. The molecule has 2 atom stereocenters. The van der Waals surface area contributed by atoms with Crippen LogP contribution in [0.5, 0.6) is 0 Å². The maximum Gasteiger partial charge on any atom is 0.262 e. The minimum Gasteiger partial charge on any atom is -0.337 e. The van der Waals surface area contributed by atoms with Gasteiger partial charge in [0.2, 0.25) is 5.91 Å². The van der Waals surface area contributed by atoms with Crippen molar-refractivity contribution in [1.82, 2.24) is 14.5 Å². The number of hydrogen-bond acceptors (Lipinski definition) is 4. The van der Waals surface area contributed by atoms with Gasteiger partial charge in [-0.1, -0.05) is 29.4 Å². The Bertz CT molecular complexity index is 917. The van der Waals surface area contributed by atoms with Crippen molar-refractivity contribution in [3.63, 3.8) is 0 Å². The van der Waals surface area contributed by atoms with Gasteiger partial charge in [0, 0.05) is 23.7 Å². The number of piperidine rings is 1. The lowest BCUT2D eigenvalue weighted by molar-refractivity contribution is -0.134. The van der Waals surface area contributed by atoms with E-state index < -0.39 is 0 Å². The first kappa shape index (κ1) is 20.0. The van der Waals surface area contributed by atoms with Gasteiger partial charge in [0.1, 0.15) is 0 Å². The van der Waals surface area contributed by atoms with Crippen LogP contribution in [0.1, 0.15) is 33.1 Å². The molecular weight excluding hydrogens is 382 g/mol. The van der Waals surface area contributed by atoms with E-state index in [0.29, 0.717) is 27.6 Å². The van der Waals surface area contributed by atoms with E-state index in [1.807, 2.05) is 4.90 Å². The number of allylic oxidation sites excluding steroid dienone is 1. The van der Waals surface area contributed by atoms with Crippen molar-refractivity contribution in [2.45, 2.75) is 56.9 Å². The summed E-state index contributed by atoms with van der Waals surface area (Å²) in [6, 6.07) is 5.58. The Kier molecular flexibility index (Phi) is 6.27. The molecular formula is C20H24ClN3O2S. The Labute approximate surface area is 168 Å². The zero-order valence-electron chi connectivity index (χ0n) is 15.7. The molecule has 1 aliphatic rings. The summed E-state index contributed by atoms with van der Waals surface area (Å²) in [5, 5.41) is 1.49. The first-order valence-electron chi connectivity index (χ1n) is 9.17. The maximum atomic E-state index is 12.8. The number of nitrogens with zero attached hydrogens (tertiary/aromatic N) is 3. The number of amides is 1. The van der Waals surface area contributed by atoms with Crippen LogP contribution in [0.2, 0.25) is 5.02 Å². The quantitative estimate of drug-likeness (QED) is 0.426. The van der Waals surface area contributed by atoms with Gasteiger partial charge in [0.25, 0.3) is 5.56 Å². The normalized spacial score (nSPS) is 20.0. The van der Waals surface area contributed by atoms with Gasteiger partial charge in [-0.25, -0.2) is 4.98 Å². The zero-order chi connectivity index (χ0) is 19.6. The summed E-state index contributed by atoms with van der Waals surface area (Å²) in [6.45, 7) is 8.26. The second-order valence-corrected chi connectivity index (χ2v) is 8.36. The van der Waals surface area contributed by atoms with E-state index in [1.165, 1.54) is 11.8 Å². The lowest BCUT2D eigenvalue weighted by Gasteiger charge is -2.39. The number of carbonyl (C=O) groups excluding carboxylic acids is 1. The van der Waals surface area contributed by atoms with Gasteiger partial charge in [-0.2, -0.15) is 0 Å². The summed E-state index contributed by atoms with van der Waals surface area (Å²) in [5.41, 5.74) is 0.413. The molecule has 0 spiro atoms. The average molecular weight is 406 g/mol. The number of fused-ring (bicyclic) bond motifs is 1. The largest absolute Gasteiger partial charge is 0.337 e. The van der Waals surface area contributed by atoms with Gasteiger partial charge in [-0.15, -0.1) is 6.58 Å². The molecule has 1 aliphatic heterocycles. The van der Waals surface area contributed by atoms with Gasteiger partial charge in [0.15, 0.2) is 5.16 Å². The van der Waals surface area contributed by atoms with Gasteiger partial charge < -0.3 is 4.90 Å². The number of carbonyl (C=O) groups is 1. The molecule has 0 bridgehead atoms. The third-order valence-electron chi connectivity index (χ3n) is 5.00. The highest BCUT2D eigenvalue weighted by Crippen LogP contribution is 2.25. The first-order chi connectivity index (χ1) is 12.9. The summed E-state index contributed by atoms with van der Waals surface area (Å²) in [4.78, 5) is 32.2. The van der Waals surface area contributed by atoms with E-state index >= 15 is 0 Å². The summed E-state index contributed by atoms with van der Waals surface area (Å²) >= 11 is 7.33. The molecule has 2 heterocycles. The van der Waals surface area contributed by atoms with Crippen molar-refractivity contribution >= 4 is 40.2 Å². The second kappa shape index (κ2) is 8.48. The van der Waals surface area contributed by atoms with Crippen molar-refractivity contribution < 1.29 is 4.79 Å². The van der Waals surface area contributed by atoms with Gasteiger partial charge in [0.05, 0.1) is 16.7 Å². The molecule has 1 fully saturated rings. The number of benzene rings is 1. The Morgan fingerprint density at radius 1 is 1.37 bits per heavy atom. The van der Waals surface area contributed by atoms with Crippen molar-refractivity contribution in [3.05, 3.63) is 46.2 Å². The Hall–Kier alpha value is -1.79. The number of rotatable bonds is 5. The molecule has 1 amide bonds. The molecule has 144 valence electrons. The van der Waals surface area contributed by atoms with Crippen LogP contribution in [-0.4, -0.2) is 38.2 Å². The summed E-state index contributed by atoms with van der Waals surface area (Å²) in [7, 11) is 0. The van der Waals surface area contributed by atoms with E-state index in [9.17, 15) is 9.59 Å². The molecule has 1 aromatic carbocycles. The molecule has 1 aromatic heterocycles. The van der Waals surface area contributed by atoms with Gasteiger partial charge in [-0.05, 0) is 51.3 Å². The van der Waals surface area contributed by atoms with Crippen molar-refractivity contribution in [2.75, 3.05) is 5.75 Å². The van der Waals surface area contributed by atoms with E-state index in [2.05, 4.69) is 25.4 Å². The maximum absolute atomic E-state index is 12.8. The summed E-state index contributed by atoms with van der Waals surface area (Å²) < 4.78 is 1.55. The molecule has 0 aliphatic carbocycles. The molecule has 0 unspecified atom stereocenters. The molecule has 3 rings (SSSR count). The molecule has 0 N–H and O–H groups in total. The lowest BCUT2D eigenvalue weighted by Crippen LogP contribution is -2.48. The van der Waals surface area contributed by atoms with Crippen LogP contribution in [0.4, 0.5) is 0 Å². The van der Waals surface area contributed by atoms with Gasteiger partial charge >= 0.3 is 0 Å². The average Bonchev–Trinajstić information content (AvgIpc) is 2.63. The molecule has 7 heteroatoms. The topological polar surface area (TPSA) is 55.2 Å². The monoisotopic (exact) mass is 405 g/mol. The van der Waals surface area contributed by atoms with Crippen LogP contribution in [-0.2, 0) is 11.3 Å². The smallest absolute Gasteiger partial charge is 0.262 e. The fourth-order valence-electron chi connectivity index (χ4n) is 3.69. The fraction of sp³-hybridized carbons (Fsp3) is 0.450. The number of likely N-dealkylation sites (tertiary alicyclic amines) is 1. The van der Waals surface area contributed by atoms with Crippen LogP contribution in [0.3, 0.4) is 0 Å². The number of halogens is 1. The standard InChI is InChI=1S/C20H24ClN3O2S/c1-4-10-23-19(26)16-11-15(21)8-9-17(16)22-20(23)27-12-18(25)24-13(2)6-5-7-14(24)3/h4,8-9,11,13-14H,1,5-7,10,12H2,2-3H3/t13-,14-/m0/s1. The molecule has 5 nitrogen and oxygen atoms in total. The second-order valence-electron chi connectivity index (χ2n) is 6.98. The SMILES string of the molecule is C=CCn1c(SCC(=O)N2[C@@H](C)CCC[C@@H]2C)nc2ccc(Cl)cc2c1=O. The number of hydrogen-bond donors (Lipinski definition) is 0. The van der Waals surface area contributed by atoms with Crippen LogP contribution >= 0.6 is 23.4 Å². The Morgan fingerprint density at radius 3 is 2.74 bits per heavy atom. The predicted octanol–water partition coefficient (Wildman–Crippen LogP) is 4.12. The van der Waals surface area contributed by atoms with Crippen LogP contribution in [0.15, 0.2) is 40.8 Å². The molecule has 1 saturated heterocycles. The molecule has 0 saturated carbocycles. The summed E-state index contributed by atoms with van der Waals surface area (Å²) in [6.07, 6.45) is 4.89. The fourth-order valence-corrected chi connectivity index (χ4v) is 4.74. The van der Waals surface area contributed by atoms with Crippen LogP contribution < -0.4 is 5.56 Å². The molecule has 27 heavy (non-hydrogen) atoms. The van der Waals surface area contributed by atoms with E-state index in [0.717, 1.165) is 19.3 Å². The Morgan fingerprint density at radius 2 is 2.07 bits per heavy atom. The molecule has 0 radical (unpaired) electrons. The minimum atomic E-state index is -0.169. The first-order valence-corrected chi connectivity index (χ1v) is 10.5. The third kappa shape index (κ3) is 4.22. The van der Waals surface area contributed by atoms with E-state index in [-0.39, 0.29) is 29.3 Å². The zero-order valence-corrected chi connectivity index (χ0v) is 17.2. The van der Waals surface area contributed by atoms with Gasteiger partial charge in [-0.3, -0.25) is 14.2 Å². The highest BCUT2D eigenvalue weighted by atomic mass is 35.5. The van der Waals surface area contributed by atoms with Crippen LogP contribution in [0.25, 0.3) is 10.9 Å². The van der Waals surface area contributed by atoms with Crippen molar-refractivity contribution in [3.8, 4) is 0 Å². The minimum absolute atomic E-state index is 0.0929. The van der Waals surface area contributed by atoms with Crippen molar-refractivity contribution in [2.24, 2.45) is 0 Å². The lowest BCUT2D eigenvalue weighted by atomic mass is 9.98. The molecule has 2 aromatic rings. The predicted molar refractivity (Wildman–Crippen MR) is 112 cm³/mol. The third-order valence-corrected chi connectivity index (χ3v) is 6.20. The highest BCUT2D eigenvalue weighted by molar-refractivity contribution is 7.99. The van der Waals surface area contributed by atoms with Crippen LogP contribution in [0, 0.1) is 0 Å². The van der Waals surface area contributed by atoms with E-state index in [4.69, 9.17) is 11.6 Å². The van der Waals surface area contributed by atoms with E-state index in [1.54, 1.807) is 28.8 Å².